The van der Waals surface area contributed by atoms with E-state index in [-0.39, 0.29) is 0 Å². The summed E-state index contributed by atoms with van der Waals surface area (Å²) in [6, 6.07) is 0. The predicted octanol–water partition coefficient (Wildman–Crippen LogP) is 2.53. The molecule has 1 unspecified atom stereocenters. The summed E-state index contributed by atoms with van der Waals surface area (Å²) in [4.78, 5) is 0. The molecule has 1 atom stereocenters. The van der Waals surface area contributed by atoms with E-state index in [1.54, 1.807) is 0 Å². The first-order valence-electron chi connectivity index (χ1n) is 3.97. The number of hydrogen-bond acceptors (Lipinski definition) is 1. The fraction of sp³-hybridized carbons (Fsp3) is 0.778. The minimum absolute atomic E-state index is 0.763. The van der Waals surface area contributed by atoms with Crippen molar-refractivity contribution in [2.75, 3.05) is 0 Å². The van der Waals surface area contributed by atoms with Crippen molar-refractivity contribution < 1.29 is 0 Å². The van der Waals surface area contributed by atoms with Crippen molar-refractivity contribution in [2.45, 2.75) is 33.6 Å². The molecule has 0 rings (SSSR count). The van der Waals surface area contributed by atoms with Crippen molar-refractivity contribution in [1.29, 1.82) is 0 Å². The van der Waals surface area contributed by atoms with Gasteiger partial charge in [0.25, 0.3) is 0 Å². The highest BCUT2D eigenvalue weighted by atomic mass is 14.6. The first-order chi connectivity index (χ1) is 4.54. The van der Waals surface area contributed by atoms with Crippen LogP contribution < -0.4 is 5.73 Å². The van der Waals surface area contributed by atoms with E-state index in [2.05, 4.69) is 27.4 Å². The van der Waals surface area contributed by atoms with Crippen molar-refractivity contribution in [3.63, 3.8) is 0 Å². The van der Waals surface area contributed by atoms with Crippen LogP contribution in [0, 0.1) is 11.8 Å². The summed E-state index contributed by atoms with van der Waals surface area (Å²) < 4.78 is 0. The Kier molecular flexibility index (Phi) is 4.17. The van der Waals surface area contributed by atoms with E-state index in [0.717, 1.165) is 24.0 Å². The van der Waals surface area contributed by atoms with Crippen LogP contribution in [0.2, 0.25) is 0 Å². The fourth-order valence-corrected chi connectivity index (χ4v) is 0.746. The molecule has 0 aliphatic carbocycles. The third-order valence-electron chi connectivity index (χ3n) is 2.06. The van der Waals surface area contributed by atoms with E-state index in [1.807, 2.05) is 0 Å². The Morgan fingerprint density at radius 2 is 1.90 bits per heavy atom. The summed E-state index contributed by atoms with van der Waals surface area (Å²) in [7, 11) is 0. The lowest BCUT2D eigenvalue weighted by Gasteiger charge is -2.14. The Morgan fingerprint density at radius 1 is 1.40 bits per heavy atom. The van der Waals surface area contributed by atoms with Gasteiger partial charge in [0.15, 0.2) is 0 Å². The lowest BCUT2D eigenvalue weighted by atomic mass is 9.93. The molecule has 0 radical (unpaired) electrons. The Labute approximate surface area is 64.3 Å². The molecule has 0 amide bonds. The van der Waals surface area contributed by atoms with Gasteiger partial charge in [-0.3, -0.25) is 0 Å². The van der Waals surface area contributed by atoms with Crippen LogP contribution in [-0.2, 0) is 0 Å². The molecule has 10 heavy (non-hydrogen) atoms. The highest BCUT2D eigenvalue weighted by Gasteiger charge is 2.05. The third-order valence-corrected chi connectivity index (χ3v) is 2.06. The molecule has 0 aliphatic rings. The van der Waals surface area contributed by atoms with Crippen LogP contribution in [0.5, 0.6) is 0 Å². The second kappa shape index (κ2) is 4.37. The lowest BCUT2D eigenvalue weighted by Crippen LogP contribution is -2.05. The van der Waals surface area contributed by atoms with Crippen molar-refractivity contribution in [2.24, 2.45) is 17.6 Å². The summed E-state index contributed by atoms with van der Waals surface area (Å²) in [5, 5.41) is 0. The van der Waals surface area contributed by atoms with Gasteiger partial charge in [0.2, 0.25) is 0 Å². The minimum atomic E-state index is 0.763. The summed E-state index contributed by atoms with van der Waals surface area (Å²) in [6.45, 7) is 10.4. The Bertz CT molecular complexity index is 105. The molecule has 0 fully saturated rings. The van der Waals surface area contributed by atoms with Crippen molar-refractivity contribution in [3.8, 4) is 0 Å². The van der Waals surface area contributed by atoms with E-state index in [1.165, 1.54) is 6.42 Å². The zero-order valence-electron chi connectivity index (χ0n) is 7.35. The van der Waals surface area contributed by atoms with Gasteiger partial charge in [0.05, 0.1) is 0 Å². The standard InChI is InChI=1S/C9H19N/c1-7(2)8(3)5-6-9(4)10/h7-8H,4-6,10H2,1-3H3. The van der Waals surface area contributed by atoms with Crippen LogP contribution in [-0.4, -0.2) is 0 Å². The number of hydrogen-bond donors (Lipinski definition) is 1. The summed E-state index contributed by atoms with van der Waals surface area (Å²) in [5.41, 5.74) is 6.26. The fourth-order valence-electron chi connectivity index (χ4n) is 0.746. The Balaban J connectivity index is 3.39. The highest BCUT2D eigenvalue weighted by molar-refractivity contribution is 4.85. The average molecular weight is 141 g/mol. The molecule has 0 bridgehead atoms. The molecule has 0 aromatic rings. The molecule has 0 spiro atoms. The lowest BCUT2D eigenvalue weighted by molar-refractivity contribution is 0.392. The van der Waals surface area contributed by atoms with Crippen LogP contribution in [0.15, 0.2) is 12.3 Å². The van der Waals surface area contributed by atoms with Gasteiger partial charge in [-0.15, -0.1) is 0 Å². The predicted molar refractivity (Wildman–Crippen MR) is 46.6 cm³/mol. The zero-order valence-corrected chi connectivity index (χ0v) is 7.35. The molecule has 0 aliphatic heterocycles. The number of nitrogens with two attached hydrogens (primary N) is 1. The van der Waals surface area contributed by atoms with Gasteiger partial charge in [-0.1, -0.05) is 27.4 Å². The second-order valence-electron chi connectivity index (χ2n) is 3.42. The quantitative estimate of drug-likeness (QED) is 0.639. The first kappa shape index (κ1) is 9.54. The van der Waals surface area contributed by atoms with Crippen LogP contribution in [0.1, 0.15) is 33.6 Å². The van der Waals surface area contributed by atoms with Gasteiger partial charge in [-0.25, -0.2) is 0 Å². The molecular weight excluding hydrogens is 122 g/mol. The van der Waals surface area contributed by atoms with E-state index in [0.29, 0.717) is 0 Å². The van der Waals surface area contributed by atoms with Crippen LogP contribution in [0.4, 0.5) is 0 Å². The van der Waals surface area contributed by atoms with Crippen LogP contribution >= 0.6 is 0 Å². The van der Waals surface area contributed by atoms with Crippen LogP contribution in [0.3, 0.4) is 0 Å². The number of rotatable bonds is 4. The van der Waals surface area contributed by atoms with Gasteiger partial charge < -0.3 is 5.73 Å². The van der Waals surface area contributed by atoms with E-state index < -0.39 is 0 Å². The maximum atomic E-state index is 5.45. The van der Waals surface area contributed by atoms with E-state index in [9.17, 15) is 0 Å². The molecule has 0 aromatic heterocycles. The molecule has 2 N–H and O–H groups in total. The highest BCUT2D eigenvalue weighted by Crippen LogP contribution is 2.16. The molecule has 0 saturated heterocycles. The van der Waals surface area contributed by atoms with Gasteiger partial charge in [-0.05, 0) is 24.7 Å². The molecule has 1 nitrogen and oxygen atoms in total. The smallest absolute Gasteiger partial charge is 0.000754 e. The minimum Gasteiger partial charge on any atom is -0.403 e. The van der Waals surface area contributed by atoms with Gasteiger partial charge in [-0.2, -0.15) is 0 Å². The van der Waals surface area contributed by atoms with Crippen molar-refractivity contribution >= 4 is 0 Å². The SMILES string of the molecule is C=C(N)CCC(C)C(C)C. The Hall–Kier alpha value is -0.460. The summed E-state index contributed by atoms with van der Waals surface area (Å²) in [6.07, 6.45) is 2.15. The van der Waals surface area contributed by atoms with Gasteiger partial charge in [0.1, 0.15) is 0 Å². The van der Waals surface area contributed by atoms with E-state index in [4.69, 9.17) is 5.73 Å². The Morgan fingerprint density at radius 3 is 2.20 bits per heavy atom. The van der Waals surface area contributed by atoms with Crippen molar-refractivity contribution in [1.82, 2.24) is 0 Å². The summed E-state index contributed by atoms with van der Waals surface area (Å²) in [5.74, 6) is 1.53. The molecule has 0 aromatic carbocycles. The van der Waals surface area contributed by atoms with E-state index >= 15 is 0 Å². The maximum absolute atomic E-state index is 5.45. The van der Waals surface area contributed by atoms with Crippen LogP contribution in [0.25, 0.3) is 0 Å². The molecule has 0 saturated carbocycles. The third kappa shape index (κ3) is 4.42. The monoisotopic (exact) mass is 141 g/mol. The van der Waals surface area contributed by atoms with Gasteiger partial charge in [0, 0.05) is 5.70 Å². The summed E-state index contributed by atoms with van der Waals surface area (Å²) >= 11 is 0. The largest absolute Gasteiger partial charge is 0.403 e. The average Bonchev–Trinajstić information content (AvgIpc) is 1.82. The zero-order chi connectivity index (χ0) is 8.15. The second-order valence-corrected chi connectivity index (χ2v) is 3.42. The topological polar surface area (TPSA) is 26.0 Å². The molecule has 60 valence electrons. The molecule has 1 heteroatoms. The first-order valence-corrected chi connectivity index (χ1v) is 3.97. The number of allylic oxidation sites excluding steroid dienone is 1. The van der Waals surface area contributed by atoms with Gasteiger partial charge >= 0.3 is 0 Å². The maximum Gasteiger partial charge on any atom is 0.000754 e. The normalized spacial score (nSPS) is 13.6. The molecule has 0 heterocycles. The molecular formula is C9H19N. The van der Waals surface area contributed by atoms with Crippen molar-refractivity contribution in [3.05, 3.63) is 12.3 Å².